The Kier molecular flexibility index (Phi) is 2.37. The molecule has 0 fully saturated rings. The van der Waals surface area contributed by atoms with Gasteiger partial charge in [-0.1, -0.05) is 29.8 Å². The van der Waals surface area contributed by atoms with Crippen molar-refractivity contribution in [1.82, 2.24) is 4.98 Å². The summed E-state index contributed by atoms with van der Waals surface area (Å²) in [7, 11) is 0. The van der Waals surface area contributed by atoms with Crippen molar-refractivity contribution >= 4 is 22.7 Å². The number of oxazole rings is 1. The zero-order valence-electron chi connectivity index (χ0n) is 9.27. The highest BCUT2D eigenvalue weighted by atomic mass is 35.5. The number of aryl methyl sites for hydroxylation is 1. The Bertz CT molecular complexity index is 688. The lowest BCUT2D eigenvalue weighted by Gasteiger charge is -1.98. The van der Waals surface area contributed by atoms with Crippen LogP contribution in [0.3, 0.4) is 0 Å². The van der Waals surface area contributed by atoms with Crippen molar-refractivity contribution in [2.24, 2.45) is 0 Å². The van der Waals surface area contributed by atoms with Crippen molar-refractivity contribution in [2.45, 2.75) is 6.92 Å². The van der Waals surface area contributed by atoms with Gasteiger partial charge in [-0.05, 0) is 30.7 Å². The van der Waals surface area contributed by atoms with Crippen LogP contribution in [0.25, 0.3) is 22.6 Å². The third kappa shape index (κ3) is 1.81. The van der Waals surface area contributed by atoms with Crippen LogP contribution in [0.15, 0.2) is 46.9 Å². The van der Waals surface area contributed by atoms with E-state index < -0.39 is 0 Å². The summed E-state index contributed by atoms with van der Waals surface area (Å²) in [6.07, 6.45) is 0. The summed E-state index contributed by atoms with van der Waals surface area (Å²) in [6, 6.07) is 13.5. The molecular weight excluding hydrogens is 234 g/mol. The lowest BCUT2D eigenvalue weighted by molar-refractivity contribution is 0.619. The first-order valence-electron chi connectivity index (χ1n) is 5.36. The van der Waals surface area contributed by atoms with E-state index in [1.54, 1.807) is 6.07 Å². The molecule has 3 rings (SSSR count). The number of hydrogen-bond acceptors (Lipinski definition) is 2. The molecule has 1 aromatic heterocycles. The largest absolute Gasteiger partial charge is 0.436 e. The van der Waals surface area contributed by atoms with Gasteiger partial charge in [-0.3, -0.25) is 0 Å². The standard InChI is InChI=1S/C14H10ClNO/c1-9-4-2-3-5-11(9)14-16-12-7-6-10(15)8-13(12)17-14/h2-8H,1H3. The van der Waals surface area contributed by atoms with Crippen LogP contribution >= 0.6 is 11.6 Å². The Balaban J connectivity index is 2.22. The molecule has 0 aliphatic carbocycles. The summed E-state index contributed by atoms with van der Waals surface area (Å²) in [6.45, 7) is 2.04. The molecule has 0 unspecified atom stereocenters. The minimum atomic E-state index is 0.639. The van der Waals surface area contributed by atoms with Crippen molar-refractivity contribution < 1.29 is 4.42 Å². The van der Waals surface area contributed by atoms with Crippen LogP contribution in [-0.4, -0.2) is 4.98 Å². The normalized spacial score (nSPS) is 10.9. The van der Waals surface area contributed by atoms with Crippen molar-refractivity contribution in [1.29, 1.82) is 0 Å². The molecule has 0 saturated carbocycles. The van der Waals surface area contributed by atoms with E-state index in [0.29, 0.717) is 10.9 Å². The first kappa shape index (κ1) is 10.4. The number of benzene rings is 2. The van der Waals surface area contributed by atoms with Crippen molar-refractivity contribution in [2.75, 3.05) is 0 Å². The first-order valence-corrected chi connectivity index (χ1v) is 5.74. The number of aromatic nitrogens is 1. The predicted molar refractivity (Wildman–Crippen MR) is 69.2 cm³/mol. The topological polar surface area (TPSA) is 26.0 Å². The van der Waals surface area contributed by atoms with Gasteiger partial charge in [-0.2, -0.15) is 0 Å². The minimum absolute atomic E-state index is 0.639. The molecule has 0 atom stereocenters. The fraction of sp³-hybridized carbons (Fsp3) is 0.0714. The Morgan fingerprint density at radius 1 is 1.12 bits per heavy atom. The Hall–Kier alpha value is -1.80. The van der Waals surface area contributed by atoms with Gasteiger partial charge < -0.3 is 4.42 Å². The highest BCUT2D eigenvalue weighted by molar-refractivity contribution is 6.31. The molecule has 0 spiro atoms. The highest BCUT2D eigenvalue weighted by Crippen LogP contribution is 2.27. The number of halogens is 1. The van der Waals surface area contributed by atoms with Crippen LogP contribution in [0.2, 0.25) is 5.02 Å². The smallest absolute Gasteiger partial charge is 0.227 e. The molecule has 84 valence electrons. The molecule has 3 aromatic rings. The third-order valence-electron chi connectivity index (χ3n) is 2.73. The summed E-state index contributed by atoms with van der Waals surface area (Å²) < 4.78 is 5.72. The fourth-order valence-corrected chi connectivity index (χ4v) is 1.99. The Morgan fingerprint density at radius 3 is 2.76 bits per heavy atom. The van der Waals surface area contributed by atoms with E-state index in [-0.39, 0.29) is 0 Å². The van der Waals surface area contributed by atoms with Gasteiger partial charge >= 0.3 is 0 Å². The van der Waals surface area contributed by atoms with E-state index in [4.69, 9.17) is 16.0 Å². The molecule has 0 aliphatic heterocycles. The lowest BCUT2D eigenvalue weighted by Crippen LogP contribution is -1.81. The molecule has 0 amide bonds. The summed E-state index contributed by atoms with van der Waals surface area (Å²) in [5, 5.41) is 0.657. The number of nitrogens with zero attached hydrogens (tertiary/aromatic N) is 1. The zero-order valence-corrected chi connectivity index (χ0v) is 10.0. The monoisotopic (exact) mass is 243 g/mol. The molecule has 1 heterocycles. The Labute approximate surface area is 104 Å². The van der Waals surface area contributed by atoms with Gasteiger partial charge in [-0.15, -0.1) is 0 Å². The highest BCUT2D eigenvalue weighted by Gasteiger charge is 2.09. The fourth-order valence-electron chi connectivity index (χ4n) is 1.83. The van der Waals surface area contributed by atoms with Crippen LogP contribution in [0, 0.1) is 6.92 Å². The summed E-state index contributed by atoms with van der Waals surface area (Å²) in [4.78, 5) is 4.46. The van der Waals surface area contributed by atoms with Crippen LogP contribution in [-0.2, 0) is 0 Å². The molecule has 3 heteroatoms. The summed E-state index contributed by atoms with van der Waals surface area (Å²) in [5.74, 6) is 0.639. The average molecular weight is 244 g/mol. The molecule has 17 heavy (non-hydrogen) atoms. The summed E-state index contributed by atoms with van der Waals surface area (Å²) >= 11 is 5.92. The molecule has 0 N–H and O–H groups in total. The van der Waals surface area contributed by atoms with Crippen LogP contribution in [0.4, 0.5) is 0 Å². The first-order chi connectivity index (χ1) is 8.24. The van der Waals surface area contributed by atoms with Crippen molar-refractivity contribution in [3.05, 3.63) is 53.1 Å². The summed E-state index contributed by atoms with van der Waals surface area (Å²) in [5.41, 5.74) is 3.70. The second-order valence-electron chi connectivity index (χ2n) is 3.95. The molecule has 0 saturated heterocycles. The molecular formula is C14H10ClNO. The molecule has 0 aliphatic rings. The van der Waals surface area contributed by atoms with E-state index in [9.17, 15) is 0 Å². The predicted octanol–water partition coefficient (Wildman–Crippen LogP) is 4.46. The lowest BCUT2D eigenvalue weighted by atomic mass is 10.1. The van der Waals surface area contributed by atoms with Gasteiger partial charge in [0.05, 0.1) is 0 Å². The molecule has 0 bridgehead atoms. The van der Waals surface area contributed by atoms with E-state index in [2.05, 4.69) is 4.98 Å². The number of rotatable bonds is 1. The number of fused-ring (bicyclic) bond motifs is 1. The van der Waals surface area contributed by atoms with E-state index in [1.807, 2.05) is 43.3 Å². The quantitative estimate of drug-likeness (QED) is 0.631. The SMILES string of the molecule is Cc1ccccc1-c1nc2ccc(Cl)cc2o1. The zero-order chi connectivity index (χ0) is 11.8. The molecule has 2 aromatic carbocycles. The Morgan fingerprint density at radius 2 is 1.94 bits per heavy atom. The van der Waals surface area contributed by atoms with Gasteiger partial charge in [0.15, 0.2) is 5.58 Å². The minimum Gasteiger partial charge on any atom is -0.436 e. The van der Waals surface area contributed by atoms with Gasteiger partial charge in [0.25, 0.3) is 0 Å². The van der Waals surface area contributed by atoms with Crippen molar-refractivity contribution in [3.8, 4) is 11.5 Å². The van der Waals surface area contributed by atoms with Gasteiger partial charge in [0.1, 0.15) is 5.52 Å². The second kappa shape index (κ2) is 3.90. The van der Waals surface area contributed by atoms with Gasteiger partial charge in [0.2, 0.25) is 5.89 Å². The van der Waals surface area contributed by atoms with E-state index in [1.165, 1.54) is 0 Å². The number of hydrogen-bond donors (Lipinski definition) is 0. The van der Waals surface area contributed by atoms with Gasteiger partial charge in [-0.25, -0.2) is 4.98 Å². The van der Waals surface area contributed by atoms with Gasteiger partial charge in [0, 0.05) is 16.7 Å². The van der Waals surface area contributed by atoms with Crippen LogP contribution < -0.4 is 0 Å². The van der Waals surface area contributed by atoms with Crippen molar-refractivity contribution in [3.63, 3.8) is 0 Å². The van der Waals surface area contributed by atoms with E-state index >= 15 is 0 Å². The second-order valence-corrected chi connectivity index (χ2v) is 4.38. The maximum atomic E-state index is 5.92. The third-order valence-corrected chi connectivity index (χ3v) is 2.96. The maximum absolute atomic E-state index is 5.92. The maximum Gasteiger partial charge on any atom is 0.227 e. The average Bonchev–Trinajstić information content (AvgIpc) is 2.72. The van der Waals surface area contributed by atoms with Crippen LogP contribution in [0.1, 0.15) is 5.56 Å². The van der Waals surface area contributed by atoms with E-state index in [0.717, 1.165) is 22.2 Å². The molecule has 0 radical (unpaired) electrons. The molecule has 2 nitrogen and oxygen atoms in total. The van der Waals surface area contributed by atoms with Crippen LogP contribution in [0.5, 0.6) is 0 Å².